The van der Waals surface area contributed by atoms with Crippen LogP contribution in [0.4, 0.5) is 11.4 Å². The molecule has 3 rings (SSSR count). The first-order chi connectivity index (χ1) is 9.65. The molecule has 20 heavy (non-hydrogen) atoms. The number of fused-ring (bicyclic) bond motifs is 1. The van der Waals surface area contributed by atoms with Gasteiger partial charge in [-0.3, -0.25) is 4.98 Å². The molecule has 2 aromatic rings. The summed E-state index contributed by atoms with van der Waals surface area (Å²) in [6.07, 6.45) is 3.72. The Kier molecular flexibility index (Phi) is 3.49. The first-order valence-electron chi connectivity index (χ1n) is 7.22. The Hall–Kier alpha value is -1.81. The molecule has 2 heterocycles. The molecular weight excluding hydrogens is 250 g/mol. The number of piperidine rings is 1. The minimum atomic E-state index is -0.203. The quantitative estimate of drug-likeness (QED) is 0.823. The number of aliphatic hydroxyl groups is 1. The van der Waals surface area contributed by atoms with Crippen molar-refractivity contribution in [2.75, 3.05) is 23.7 Å². The Labute approximate surface area is 119 Å². The number of nitrogens with two attached hydrogens (primary N) is 1. The van der Waals surface area contributed by atoms with E-state index in [0.29, 0.717) is 5.92 Å². The molecule has 0 bridgehead atoms. The van der Waals surface area contributed by atoms with Crippen molar-refractivity contribution in [1.29, 1.82) is 0 Å². The van der Waals surface area contributed by atoms with Crippen LogP contribution in [0, 0.1) is 5.92 Å². The monoisotopic (exact) mass is 271 g/mol. The Bertz CT molecular complexity index is 604. The van der Waals surface area contributed by atoms with Gasteiger partial charge in [0.15, 0.2) is 0 Å². The van der Waals surface area contributed by atoms with Crippen molar-refractivity contribution in [2.24, 2.45) is 5.92 Å². The predicted molar refractivity (Wildman–Crippen MR) is 82.8 cm³/mol. The zero-order chi connectivity index (χ0) is 14.1. The molecule has 1 aliphatic heterocycles. The summed E-state index contributed by atoms with van der Waals surface area (Å²) in [5.41, 5.74) is 8.73. The highest BCUT2D eigenvalue weighted by atomic mass is 16.3. The van der Waals surface area contributed by atoms with Gasteiger partial charge in [-0.15, -0.1) is 0 Å². The molecule has 4 nitrogen and oxygen atoms in total. The number of hydrogen-bond donors (Lipinski definition) is 2. The van der Waals surface area contributed by atoms with Gasteiger partial charge < -0.3 is 15.7 Å². The second-order valence-corrected chi connectivity index (χ2v) is 5.67. The van der Waals surface area contributed by atoms with Crippen LogP contribution in [0.1, 0.15) is 19.8 Å². The summed E-state index contributed by atoms with van der Waals surface area (Å²) >= 11 is 0. The highest BCUT2D eigenvalue weighted by molar-refractivity contribution is 5.93. The lowest BCUT2D eigenvalue weighted by atomic mass is 9.92. The number of nitrogens with zero attached hydrogens (tertiary/aromatic N) is 2. The molecular formula is C16H21N3O. The molecule has 1 aromatic carbocycles. The molecule has 1 atom stereocenters. The van der Waals surface area contributed by atoms with E-state index in [0.717, 1.165) is 42.5 Å². The third-order valence-corrected chi connectivity index (χ3v) is 4.31. The van der Waals surface area contributed by atoms with Crippen molar-refractivity contribution in [1.82, 2.24) is 4.98 Å². The summed E-state index contributed by atoms with van der Waals surface area (Å²) in [4.78, 5) is 6.78. The molecule has 4 heteroatoms. The van der Waals surface area contributed by atoms with E-state index in [1.165, 1.54) is 5.69 Å². The fourth-order valence-electron chi connectivity index (χ4n) is 3.05. The maximum absolute atomic E-state index is 9.69. The van der Waals surface area contributed by atoms with Gasteiger partial charge in [-0.1, -0.05) is 0 Å². The van der Waals surface area contributed by atoms with Gasteiger partial charge >= 0.3 is 0 Å². The number of aliphatic hydroxyl groups excluding tert-OH is 1. The molecule has 1 aliphatic rings. The van der Waals surface area contributed by atoms with E-state index in [1.807, 2.05) is 31.3 Å². The fraction of sp³-hybridized carbons (Fsp3) is 0.438. The number of rotatable bonds is 2. The van der Waals surface area contributed by atoms with E-state index in [1.54, 1.807) is 0 Å². The zero-order valence-electron chi connectivity index (χ0n) is 11.8. The maximum Gasteiger partial charge on any atom is 0.0743 e. The first-order valence-corrected chi connectivity index (χ1v) is 7.22. The minimum Gasteiger partial charge on any atom is -0.399 e. The summed E-state index contributed by atoms with van der Waals surface area (Å²) in [5.74, 6) is 0.426. The van der Waals surface area contributed by atoms with E-state index in [9.17, 15) is 5.11 Å². The lowest BCUT2D eigenvalue weighted by Crippen LogP contribution is -2.37. The molecule has 0 aliphatic carbocycles. The summed E-state index contributed by atoms with van der Waals surface area (Å²) in [6, 6.07) is 7.96. The van der Waals surface area contributed by atoms with Gasteiger partial charge in [0.05, 0.1) is 11.6 Å². The maximum atomic E-state index is 9.69. The van der Waals surface area contributed by atoms with Crippen molar-refractivity contribution in [2.45, 2.75) is 25.9 Å². The van der Waals surface area contributed by atoms with Crippen LogP contribution < -0.4 is 10.6 Å². The zero-order valence-corrected chi connectivity index (χ0v) is 11.8. The predicted octanol–water partition coefficient (Wildman–Crippen LogP) is 2.41. The highest BCUT2D eigenvalue weighted by Crippen LogP contribution is 2.30. The first kappa shape index (κ1) is 13.2. The summed E-state index contributed by atoms with van der Waals surface area (Å²) in [5, 5.41) is 10.8. The number of hydrogen-bond acceptors (Lipinski definition) is 4. The van der Waals surface area contributed by atoms with Crippen molar-refractivity contribution < 1.29 is 5.11 Å². The fourth-order valence-corrected chi connectivity index (χ4v) is 3.05. The lowest BCUT2D eigenvalue weighted by Gasteiger charge is -2.35. The Morgan fingerprint density at radius 2 is 2.05 bits per heavy atom. The number of benzene rings is 1. The van der Waals surface area contributed by atoms with Crippen LogP contribution in [-0.2, 0) is 0 Å². The molecule has 3 N–H and O–H groups in total. The third-order valence-electron chi connectivity index (χ3n) is 4.31. The molecule has 1 unspecified atom stereocenters. The van der Waals surface area contributed by atoms with Gasteiger partial charge in [0, 0.05) is 36.0 Å². The molecule has 106 valence electrons. The van der Waals surface area contributed by atoms with Crippen molar-refractivity contribution >= 4 is 22.3 Å². The van der Waals surface area contributed by atoms with E-state index >= 15 is 0 Å². The van der Waals surface area contributed by atoms with Gasteiger partial charge in [0.25, 0.3) is 0 Å². The average molecular weight is 271 g/mol. The van der Waals surface area contributed by atoms with Crippen LogP contribution in [0.5, 0.6) is 0 Å². The number of nitrogen functional groups attached to an aromatic ring is 1. The number of anilines is 2. The number of pyridine rings is 1. The molecule has 1 aromatic heterocycles. The van der Waals surface area contributed by atoms with E-state index in [-0.39, 0.29) is 6.10 Å². The van der Waals surface area contributed by atoms with Crippen LogP contribution in [-0.4, -0.2) is 29.3 Å². The van der Waals surface area contributed by atoms with Crippen molar-refractivity contribution in [3.8, 4) is 0 Å². The van der Waals surface area contributed by atoms with E-state index in [4.69, 9.17) is 5.73 Å². The van der Waals surface area contributed by atoms with Crippen LogP contribution >= 0.6 is 0 Å². The SMILES string of the molecule is CC(O)C1CCN(c2ccnc3cc(N)ccc23)CC1. The summed E-state index contributed by atoms with van der Waals surface area (Å²) in [6.45, 7) is 3.86. The van der Waals surface area contributed by atoms with Gasteiger partial charge in [-0.25, -0.2) is 0 Å². The topological polar surface area (TPSA) is 62.4 Å². The second kappa shape index (κ2) is 5.29. The van der Waals surface area contributed by atoms with Gasteiger partial charge in [-0.05, 0) is 49.9 Å². The molecule has 0 spiro atoms. The molecule has 0 saturated carbocycles. The minimum absolute atomic E-state index is 0.203. The lowest BCUT2D eigenvalue weighted by molar-refractivity contribution is 0.110. The van der Waals surface area contributed by atoms with Crippen LogP contribution in [0.25, 0.3) is 10.9 Å². The summed E-state index contributed by atoms with van der Waals surface area (Å²) in [7, 11) is 0. The smallest absolute Gasteiger partial charge is 0.0743 e. The van der Waals surface area contributed by atoms with Crippen molar-refractivity contribution in [3.63, 3.8) is 0 Å². The van der Waals surface area contributed by atoms with Gasteiger partial charge in [0.1, 0.15) is 0 Å². The van der Waals surface area contributed by atoms with Crippen LogP contribution in [0.3, 0.4) is 0 Å². The average Bonchev–Trinajstić information content (AvgIpc) is 2.46. The molecule has 1 saturated heterocycles. The van der Waals surface area contributed by atoms with E-state index in [2.05, 4.69) is 16.0 Å². The third kappa shape index (κ3) is 2.43. The molecule has 0 radical (unpaired) electrons. The number of aromatic nitrogens is 1. The molecule has 1 fully saturated rings. The highest BCUT2D eigenvalue weighted by Gasteiger charge is 2.23. The van der Waals surface area contributed by atoms with Crippen molar-refractivity contribution in [3.05, 3.63) is 30.5 Å². The Balaban J connectivity index is 1.88. The Morgan fingerprint density at radius 1 is 1.30 bits per heavy atom. The largest absolute Gasteiger partial charge is 0.399 e. The summed E-state index contributed by atoms with van der Waals surface area (Å²) < 4.78 is 0. The van der Waals surface area contributed by atoms with Crippen LogP contribution in [0.2, 0.25) is 0 Å². The van der Waals surface area contributed by atoms with Gasteiger partial charge in [-0.2, -0.15) is 0 Å². The second-order valence-electron chi connectivity index (χ2n) is 5.67. The van der Waals surface area contributed by atoms with Gasteiger partial charge in [0.2, 0.25) is 0 Å². The van der Waals surface area contributed by atoms with Crippen LogP contribution in [0.15, 0.2) is 30.5 Å². The molecule has 0 amide bonds. The standard InChI is InChI=1S/C16H21N3O/c1-11(20)12-5-8-19(9-6-12)16-4-7-18-15-10-13(17)2-3-14(15)16/h2-4,7,10-12,20H,5-6,8-9,17H2,1H3. The Morgan fingerprint density at radius 3 is 2.75 bits per heavy atom. The normalized spacial score (nSPS) is 18.4. The van der Waals surface area contributed by atoms with E-state index < -0.39 is 0 Å².